The third-order valence-corrected chi connectivity index (χ3v) is 10.7. The van der Waals surface area contributed by atoms with Gasteiger partial charge in [-0.3, -0.25) is 4.99 Å². The van der Waals surface area contributed by atoms with Crippen LogP contribution in [0.4, 0.5) is 0 Å². The van der Waals surface area contributed by atoms with E-state index >= 15 is 0 Å². The molecule has 4 N–H and O–H groups in total. The molecule has 5 rings (SSSR count). The number of aliphatic hydroxyl groups excluding tert-OH is 1. The van der Waals surface area contributed by atoms with Gasteiger partial charge < -0.3 is 15.5 Å². The number of nitrogens with one attached hydrogen (secondary N) is 2. The largest absolute Gasteiger partial charge is 0.393 e. The van der Waals surface area contributed by atoms with Gasteiger partial charge in [-0.1, -0.05) is 32.1 Å². The molecule has 0 aromatic carbocycles. The highest BCUT2D eigenvalue weighted by atomic mass is 16.3. The fourth-order valence-electron chi connectivity index (χ4n) is 8.61. The van der Waals surface area contributed by atoms with Crippen molar-refractivity contribution in [2.75, 3.05) is 13.1 Å². The lowest BCUT2D eigenvalue weighted by atomic mass is 9.43. The van der Waals surface area contributed by atoms with Crippen LogP contribution in [0.5, 0.6) is 0 Å². The minimum absolute atomic E-state index is 0.0453. The second kappa shape index (κ2) is 9.42. The first-order valence-electron chi connectivity index (χ1n) is 13.7. The molecule has 0 unspecified atom stereocenters. The summed E-state index contributed by atoms with van der Waals surface area (Å²) < 4.78 is 0. The number of hydrogen-bond acceptors (Lipinski definition) is 6. The van der Waals surface area contributed by atoms with Gasteiger partial charge in [0.25, 0.3) is 0 Å². The highest BCUT2D eigenvalue weighted by molar-refractivity contribution is 5.81. The average Bonchev–Trinajstić information content (AvgIpc) is 3.10. The molecule has 0 saturated heterocycles. The first-order valence-corrected chi connectivity index (χ1v) is 13.7. The van der Waals surface area contributed by atoms with Gasteiger partial charge in [-0.2, -0.15) is 5.10 Å². The molecule has 1 aliphatic heterocycles. The fourth-order valence-corrected chi connectivity index (χ4v) is 8.61. The van der Waals surface area contributed by atoms with Crippen molar-refractivity contribution in [1.29, 1.82) is 0 Å². The molecule has 0 spiro atoms. The van der Waals surface area contributed by atoms with E-state index in [1.165, 1.54) is 12.8 Å². The summed E-state index contributed by atoms with van der Waals surface area (Å²) >= 11 is 0. The number of allylic oxidation sites excluding steroid dienone is 4. The highest BCUT2D eigenvalue weighted by Crippen LogP contribution is 2.69. The van der Waals surface area contributed by atoms with E-state index in [1.807, 2.05) is 12.2 Å². The topological polar surface area (TPSA) is 89.2 Å². The summed E-state index contributed by atoms with van der Waals surface area (Å²) in [5, 5.41) is 29.9. The van der Waals surface area contributed by atoms with Gasteiger partial charge in [0.2, 0.25) is 5.96 Å². The number of hydrogen-bond donors (Lipinski definition) is 4. The minimum Gasteiger partial charge on any atom is -0.393 e. The predicted molar refractivity (Wildman–Crippen MR) is 138 cm³/mol. The van der Waals surface area contributed by atoms with Gasteiger partial charge in [-0.05, 0) is 99.4 Å². The molecular formula is C28H44N4O2. The zero-order chi connectivity index (χ0) is 23.8. The van der Waals surface area contributed by atoms with Crippen molar-refractivity contribution >= 4 is 12.2 Å². The Kier molecular flexibility index (Phi) is 6.66. The van der Waals surface area contributed by atoms with Crippen LogP contribution in [0.25, 0.3) is 0 Å². The maximum absolute atomic E-state index is 12.2. The van der Waals surface area contributed by atoms with Crippen molar-refractivity contribution < 1.29 is 10.2 Å². The number of hydrazone groups is 1. The predicted octanol–water partition coefficient (Wildman–Crippen LogP) is 4.16. The van der Waals surface area contributed by atoms with E-state index < -0.39 is 5.60 Å². The first-order chi connectivity index (χ1) is 16.4. The van der Waals surface area contributed by atoms with Crippen LogP contribution in [-0.2, 0) is 0 Å². The Morgan fingerprint density at radius 3 is 2.74 bits per heavy atom. The summed E-state index contributed by atoms with van der Waals surface area (Å²) in [4.78, 5) is 4.33. The Morgan fingerprint density at radius 2 is 1.91 bits per heavy atom. The summed E-state index contributed by atoms with van der Waals surface area (Å²) in [5.41, 5.74) is 2.63. The molecule has 0 aromatic heterocycles. The Hall–Kier alpha value is -1.66. The molecule has 0 aromatic rings. The summed E-state index contributed by atoms with van der Waals surface area (Å²) in [7, 11) is 0. The first kappa shape index (κ1) is 24.1. The molecule has 34 heavy (non-hydrogen) atoms. The molecule has 0 radical (unpaired) electrons. The van der Waals surface area contributed by atoms with Crippen LogP contribution >= 0.6 is 0 Å². The number of aliphatic imine (C=N–C) groups is 1. The maximum atomic E-state index is 12.2. The van der Waals surface area contributed by atoms with Crippen molar-refractivity contribution in [3.8, 4) is 0 Å². The molecule has 0 amide bonds. The molecule has 6 heteroatoms. The molecule has 0 bridgehead atoms. The second-order valence-electron chi connectivity index (χ2n) is 12.1. The summed E-state index contributed by atoms with van der Waals surface area (Å²) in [6, 6.07) is 0. The molecule has 4 fully saturated rings. The van der Waals surface area contributed by atoms with E-state index in [1.54, 1.807) is 6.21 Å². The van der Waals surface area contributed by atoms with E-state index in [0.717, 1.165) is 70.4 Å². The number of fused-ring (bicyclic) bond motifs is 5. The smallest absolute Gasteiger partial charge is 0.212 e. The maximum Gasteiger partial charge on any atom is 0.212 e. The number of aliphatic hydroxyl groups is 2. The summed E-state index contributed by atoms with van der Waals surface area (Å²) in [6.45, 7) is 6.63. The molecule has 6 nitrogen and oxygen atoms in total. The Bertz CT molecular complexity index is 868. The van der Waals surface area contributed by atoms with Gasteiger partial charge in [0.15, 0.2) is 0 Å². The van der Waals surface area contributed by atoms with Crippen LogP contribution in [0.15, 0.2) is 34.4 Å². The van der Waals surface area contributed by atoms with Crippen LogP contribution in [0.1, 0.15) is 78.1 Å². The van der Waals surface area contributed by atoms with E-state index in [9.17, 15) is 10.2 Å². The lowest BCUT2D eigenvalue weighted by Gasteiger charge is -2.63. The highest BCUT2D eigenvalue weighted by Gasteiger charge is 2.66. The molecule has 8 atom stereocenters. The van der Waals surface area contributed by atoms with E-state index in [-0.39, 0.29) is 11.5 Å². The third-order valence-electron chi connectivity index (χ3n) is 10.7. The Balaban J connectivity index is 1.22. The zero-order valence-corrected chi connectivity index (χ0v) is 21.0. The SMILES string of the molecule is C[C@]12CC[C@H](O)C[C@H]1CC[C@@H]1[C@@H]2CC[C@]2(C)[C@@H](/C=C/C=C/C=N/NC3=NCCCN3)CC[C@]12O. The van der Waals surface area contributed by atoms with Crippen LogP contribution in [0, 0.1) is 34.5 Å². The lowest BCUT2D eigenvalue weighted by molar-refractivity contribution is -0.207. The number of guanidine groups is 1. The van der Waals surface area contributed by atoms with Crippen LogP contribution in [-0.4, -0.2) is 47.2 Å². The normalized spacial score (nSPS) is 46.7. The third kappa shape index (κ3) is 4.05. The van der Waals surface area contributed by atoms with E-state index in [0.29, 0.717) is 29.1 Å². The van der Waals surface area contributed by atoms with Gasteiger partial charge in [0.05, 0.1) is 11.7 Å². The van der Waals surface area contributed by atoms with Gasteiger partial charge in [-0.15, -0.1) is 0 Å². The lowest BCUT2D eigenvalue weighted by Crippen LogP contribution is -2.62. The van der Waals surface area contributed by atoms with Gasteiger partial charge >= 0.3 is 0 Å². The van der Waals surface area contributed by atoms with E-state index in [4.69, 9.17) is 0 Å². The van der Waals surface area contributed by atoms with Gasteiger partial charge in [0.1, 0.15) is 0 Å². The molecule has 4 saturated carbocycles. The molecule has 5 aliphatic rings. The summed E-state index contributed by atoms with van der Waals surface area (Å²) in [5.74, 6) is 2.80. The van der Waals surface area contributed by atoms with Crippen molar-refractivity contribution in [2.45, 2.75) is 89.8 Å². The Morgan fingerprint density at radius 1 is 1.03 bits per heavy atom. The van der Waals surface area contributed by atoms with Gasteiger partial charge in [0, 0.05) is 24.7 Å². The van der Waals surface area contributed by atoms with Crippen LogP contribution in [0.2, 0.25) is 0 Å². The molecule has 1 heterocycles. The average molecular weight is 469 g/mol. The minimum atomic E-state index is -0.558. The Labute approximate surface area is 205 Å². The second-order valence-corrected chi connectivity index (χ2v) is 12.1. The van der Waals surface area contributed by atoms with Crippen molar-refractivity contribution in [3.63, 3.8) is 0 Å². The fraction of sp³-hybridized carbons (Fsp3) is 0.786. The molecular weight excluding hydrogens is 424 g/mol. The number of nitrogens with zero attached hydrogens (tertiary/aromatic N) is 2. The van der Waals surface area contributed by atoms with E-state index in [2.05, 4.69) is 46.8 Å². The van der Waals surface area contributed by atoms with Crippen molar-refractivity contribution in [2.24, 2.45) is 44.6 Å². The van der Waals surface area contributed by atoms with Crippen molar-refractivity contribution in [1.82, 2.24) is 10.7 Å². The number of rotatable bonds is 4. The summed E-state index contributed by atoms with van der Waals surface area (Å²) in [6.07, 6.45) is 20.8. The molecule has 4 aliphatic carbocycles. The van der Waals surface area contributed by atoms with Crippen LogP contribution in [0.3, 0.4) is 0 Å². The molecule has 188 valence electrons. The standard InChI is InChI=1S/C28H44N4O2/c1-26-13-11-22(33)19-21(26)8-9-24-23(26)12-14-27(2)20(10-15-28(24,27)34)7-4-3-5-18-31-32-25-29-16-6-17-30-25/h3-5,7,18,20-24,33-34H,6,8-17,19H2,1-2H3,(H2,29,30,32)/b5-3+,7-4+,31-18+/t20-,21+,22-,23-,24+,26-,27+,28-/m0/s1. The quantitative estimate of drug-likeness (QED) is 0.283. The van der Waals surface area contributed by atoms with Gasteiger partial charge in [-0.25, -0.2) is 5.43 Å². The zero-order valence-electron chi connectivity index (χ0n) is 21.0. The van der Waals surface area contributed by atoms with Crippen molar-refractivity contribution in [3.05, 3.63) is 24.3 Å². The van der Waals surface area contributed by atoms with Crippen LogP contribution < -0.4 is 10.7 Å². The monoisotopic (exact) mass is 468 g/mol.